The first-order valence-corrected chi connectivity index (χ1v) is 9.74. The van der Waals surface area contributed by atoms with E-state index in [2.05, 4.69) is 46.7 Å². The standard InChI is InChI=1S/C20H30N4O2.HI/c1-3-21-19(24-12-11-15-7-5-6-8-17(15)14-24)22-13-18(16-9-10-16)23-20(25)26-4-2;/h5-8,16,18H,3-4,9-14H2,1-2H3,(H,21,22)(H,23,25);1H. The molecule has 1 amide bonds. The van der Waals surface area contributed by atoms with E-state index in [1.807, 2.05) is 6.92 Å². The van der Waals surface area contributed by atoms with Crippen LogP contribution in [-0.4, -0.2) is 49.2 Å². The molecule has 1 aliphatic carbocycles. The number of alkyl carbamates (subject to hydrolysis) is 1. The number of fused-ring (bicyclic) bond motifs is 1. The third-order valence-electron chi connectivity index (χ3n) is 4.97. The van der Waals surface area contributed by atoms with Crippen LogP contribution < -0.4 is 10.6 Å². The second kappa shape index (κ2) is 10.7. The Kier molecular flexibility index (Phi) is 8.66. The number of carbonyl (C=O) groups is 1. The number of halogens is 1. The summed E-state index contributed by atoms with van der Waals surface area (Å²) in [5, 5.41) is 6.39. The van der Waals surface area contributed by atoms with Gasteiger partial charge < -0.3 is 20.3 Å². The molecular formula is C20H31IN4O2. The van der Waals surface area contributed by atoms with Gasteiger partial charge in [0.15, 0.2) is 5.96 Å². The van der Waals surface area contributed by atoms with E-state index in [1.54, 1.807) is 0 Å². The van der Waals surface area contributed by atoms with Crippen molar-refractivity contribution in [1.29, 1.82) is 0 Å². The van der Waals surface area contributed by atoms with Gasteiger partial charge in [0.05, 0.1) is 19.2 Å². The second-order valence-corrected chi connectivity index (χ2v) is 6.94. The number of rotatable bonds is 6. The molecule has 150 valence electrons. The molecule has 2 aliphatic rings. The first kappa shape index (κ1) is 21.8. The van der Waals surface area contributed by atoms with Gasteiger partial charge >= 0.3 is 6.09 Å². The maximum Gasteiger partial charge on any atom is 0.407 e. The van der Waals surface area contributed by atoms with Crippen molar-refractivity contribution >= 4 is 36.0 Å². The van der Waals surface area contributed by atoms with Crippen LogP contribution in [0.15, 0.2) is 29.3 Å². The van der Waals surface area contributed by atoms with Gasteiger partial charge in [0, 0.05) is 19.6 Å². The first-order chi connectivity index (χ1) is 12.7. The van der Waals surface area contributed by atoms with Crippen molar-refractivity contribution < 1.29 is 9.53 Å². The number of benzene rings is 1. The summed E-state index contributed by atoms with van der Waals surface area (Å²) >= 11 is 0. The van der Waals surface area contributed by atoms with Gasteiger partial charge in [-0.25, -0.2) is 4.79 Å². The minimum Gasteiger partial charge on any atom is -0.450 e. The quantitative estimate of drug-likeness (QED) is 0.369. The summed E-state index contributed by atoms with van der Waals surface area (Å²) in [5.41, 5.74) is 2.80. The number of carbonyl (C=O) groups excluding carboxylic acids is 1. The molecule has 1 atom stereocenters. The van der Waals surface area contributed by atoms with E-state index >= 15 is 0 Å². The molecule has 3 rings (SSSR count). The van der Waals surface area contributed by atoms with E-state index in [4.69, 9.17) is 9.73 Å². The molecule has 6 nitrogen and oxygen atoms in total. The van der Waals surface area contributed by atoms with Crippen LogP contribution >= 0.6 is 24.0 Å². The molecule has 0 aromatic heterocycles. The third-order valence-corrected chi connectivity index (χ3v) is 4.97. The number of ether oxygens (including phenoxy) is 1. The van der Waals surface area contributed by atoms with Gasteiger partial charge in [-0.2, -0.15) is 0 Å². The lowest BCUT2D eigenvalue weighted by Gasteiger charge is -2.32. The fraction of sp³-hybridized carbons (Fsp3) is 0.600. The van der Waals surface area contributed by atoms with Crippen LogP contribution in [0.1, 0.15) is 37.8 Å². The molecule has 1 fully saturated rings. The van der Waals surface area contributed by atoms with Crippen LogP contribution in [0.3, 0.4) is 0 Å². The van der Waals surface area contributed by atoms with E-state index < -0.39 is 0 Å². The number of nitrogens with one attached hydrogen (secondary N) is 2. The zero-order valence-electron chi connectivity index (χ0n) is 16.2. The summed E-state index contributed by atoms with van der Waals surface area (Å²) in [6.07, 6.45) is 3.00. The lowest BCUT2D eigenvalue weighted by Crippen LogP contribution is -2.45. The van der Waals surface area contributed by atoms with E-state index in [-0.39, 0.29) is 36.1 Å². The van der Waals surface area contributed by atoms with Crippen molar-refractivity contribution in [2.75, 3.05) is 26.2 Å². The normalized spacial score (nSPS) is 17.4. The van der Waals surface area contributed by atoms with Crippen molar-refractivity contribution in [2.24, 2.45) is 10.9 Å². The van der Waals surface area contributed by atoms with Crippen LogP contribution in [0.2, 0.25) is 0 Å². The molecule has 0 saturated heterocycles. The molecule has 1 aromatic carbocycles. The molecule has 0 spiro atoms. The molecule has 1 aromatic rings. The fourth-order valence-electron chi connectivity index (χ4n) is 3.42. The number of hydrogen-bond donors (Lipinski definition) is 2. The fourth-order valence-corrected chi connectivity index (χ4v) is 3.42. The molecular weight excluding hydrogens is 455 g/mol. The maximum atomic E-state index is 11.8. The van der Waals surface area contributed by atoms with E-state index in [0.717, 1.165) is 44.9 Å². The second-order valence-electron chi connectivity index (χ2n) is 6.94. The number of amides is 1. The molecule has 0 radical (unpaired) electrons. The van der Waals surface area contributed by atoms with E-state index in [1.165, 1.54) is 11.1 Å². The Morgan fingerprint density at radius 1 is 1.30 bits per heavy atom. The smallest absolute Gasteiger partial charge is 0.407 e. The highest BCUT2D eigenvalue weighted by Crippen LogP contribution is 2.33. The number of aliphatic imine (C=N–C) groups is 1. The van der Waals surface area contributed by atoms with Crippen molar-refractivity contribution in [3.8, 4) is 0 Å². The zero-order valence-corrected chi connectivity index (χ0v) is 18.6. The Balaban J connectivity index is 0.00000261. The first-order valence-electron chi connectivity index (χ1n) is 9.74. The van der Waals surface area contributed by atoms with Crippen LogP contribution in [0.4, 0.5) is 4.79 Å². The maximum absolute atomic E-state index is 11.8. The Morgan fingerprint density at radius 3 is 2.70 bits per heavy atom. The van der Waals surface area contributed by atoms with Crippen LogP contribution in [0.5, 0.6) is 0 Å². The van der Waals surface area contributed by atoms with Crippen LogP contribution in [0.25, 0.3) is 0 Å². The summed E-state index contributed by atoms with van der Waals surface area (Å²) in [4.78, 5) is 18.9. The van der Waals surface area contributed by atoms with Crippen LogP contribution in [-0.2, 0) is 17.7 Å². The molecule has 7 heteroatoms. The van der Waals surface area contributed by atoms with Gasteiger partial charge in [-0.3, -0.25) is 4.99 Å². The average Bonchev–Trinajstić information content (AvgIpc) is 3.49. The topological polar surface area (TPSA) is 66.0 Å². The third kappa shape index (κ3) is 6.26. The average molecular weight is 486 g/mol. The largest absolute Gasteiger partial charge is 0.450 e. The summed E-state index contributed by atoms with van der Waals surface area (Å²) in [7, 11) is 0. The lowest BCUT2D eigenvalue weighted by atomic mass is 10.0. The van der Waals surface area contributed by atoms with Gasteiger partial charge in [0.25, 0.3) is 0 Å². The monoisotopic (exact) mass is 486 g/mol. The van der Waals surface area contributed by atoms with Gasteiger partial charge in [-0.1, -0.05) is 24.3 Å². The minimum absolute atomic E-state index is 0. The van der Waals surface area contributed by atoms with Gasteiger partial charge in [-0.05, 0) is 50.2 Å². The molecule has 27 heavy (non-hydrogen) atoms. The van der Waals surface area contributed by atoms with Gasteiger partial charge in [0.1, 0.15) is 0 Å². The Hall–Kier alpha value is -1.51. The molecule has 0 bridgehead atoms. The van der Waals surface area contributed by atoms with Crippen LogP contribution in [0, 0.1) is 5.92 Å². The molecule has 1 saturated carbocycles. The number of nitrogens with zero attached hydrogens (tertiary/aromatic N) is 2. The van der Waals surface area contributed by atoms with Crippen molar-refractivity contribution in [1.82, 2.24) is 15.5 Å². The predicted molar refractivity (Wildman–Crippen MR) is 119 cm³/mol. The molecule has 1 unspecified atom stereocenters. The minimum atomic E-state index is -0.337. The summed E-state index contributed by atoms with van der Waals surface area (Å²) in [6, 6.07) is 8.66. The van der Waals surface area contributed by atoms with Gasteiger partial charge in [0.2, 0.25) is 0 Å². The highest BCUT2D eigenvalue weighted by molar-refractivity contribution is 14.0. The summed E-state index contributed by atoms with van der Waals surface area (Å²) in [6.45, 7) is 7.55. The molecule has 1 aliphatic heterocycles. The van der Waals surface area contributed by atoms with Gasteiger partial charge in [-0.15, -0.1) is 24.0 Å². The highest BCUT2D eigenvalue weighted by Gasteiger charge is 2.32. The molecule has 2 N–H and O–H groups in total. The summed E-state index contributed by atoms with van der Waals surface area (Å²) < 4.78 is 5.04. The zero-order chi connectivity index (χ0) is 18.4. The lowest BCUT2D eigenvalue weighted by molar-refractivity contribution is 0.147. The Bertz CT molecular complexity index is 649. The van der Waals surface area contributed by atoms with Crippen molar-refractivity contribution in [3.63, 3.8) is 0 Å². The SMILES string of the molecule is CCNC(=NCC(NC(=O)OCC)C1CC1)N1CCc2ccccc2C1.I. The predicted octanol–water partition coefficient (Wildman–Crippen LogP) is 3.15. The van der Waals surface area contributed by atoms with Crippen molar-refractivity contribution in [3.05, 3.63) is 35.4 Å². The number of hydrogen-bond acceptors (Lipinski definition) is 3. The Morgan fingerprint density at radius 2 is 2.04 bits per heavy atom. The number of guanidine groups is 1. The Labute approximate surface area is 179 Å². The highest BCUT2D eigenvalue weighted by atomic mass is 127. The van der Waals surface area contributed by atoms with E-state index in [0.29, 0.717) is 19.1 Å². The molecule has 1 heterocycles. The summed E-state index contributed by atoms with van der Waals surface area (Å²) in [5.74, 6) is 1.45. The van der Waals surface area contributed by atoms with E-state index in [9.17, 15) is 4.79 Å². The van der Waals surface area contributed by atoms with Crippen molar-refractivity contribution in [2.45, 2.75) is 45.7 Å².